The van der Waals surface area contributed by atoms with Crippen LogP contribution in [0, 0.1) is 12.7 Å². The maximum absolute atomic E-state index is 13.5. The van der Waals surface area contributed by atoms with E-state index in [0.717, 1.165) is 12.1 Å². The second-order valence-corrected chi connectivity index (χ2v) is 5.01. The Hall–Kier alpha value is -0.680. The van der Waals surface area contributed by atoms with Crippen molar-refractivity contribution in [2.24, 2.45) is 0 Å². The van der Waals surface area contributed by atoms with Crippen molar-refractivity contribution in [2.45, 2.75) is 19.6 Å². The summed E-state index contributed by atoms with van der Waals surface area (Å²) in [4.78, 5) is 2.11. The topological polar surface area (TPSA) is 32.7 Å². The lowest BCUT2D eigenvalue weighted by atomic mass is 10.1. The summed E-state index contributed by atoms with van der Waals surface area (Å²) in [5, 5.41) is 9.66. The third kappa shape index (κ3) is 3.20. The molecular weight excluding hydrogens is 257 g/mol. The maximum atomic E-state index is 13.5. The van der Waals surface area contributed by atoms with Crippen molar-refractivity contribution < 1.29 is 14.2 Å². The van der Waals surface area contributed by atoms with Crippen LogP contribution in [-0.4, -0.2) is 42.4 Å². The first-order chi connectivity index (χ1) is 8.60. The van der Waals surface area contributed by atoms with Gasteiger partial charge >= 0.3 is 0 Å². The highest BCUT2D eigenvalue weighted by Gasteiger charge is 2.20. The van der Waals surface area contributed by atoms with E-state index < -0.39 is 0 Å². The molecule has 1 atom stereocenters. The number of rotatable bonds is 3. The molecule has 1 unspecified atom stereocenters. The van der Waals surface area contributed by atoms with E-state index in [1.54, 1.807) is 13.0 Å². The first-order valence-electron chi connectivity index (χ1n) is 5.99. The van der Waals surface area contributed by atoms with Gasteiger partial charge in [-0.25, -0.2) is 4.39 Å². The van der Waals surface area contributed by atoms with Crippen LogP contribution in [0.25, 0.3) is 0 Å². The van der Waals surface area contributed by atoms with E-state index in [2.05, 4.69) is 4.90 Å². The van der Waals surface area contributed by atoms with Gasteiger partial charge in [0.1, 0.15) is 5.82 Å². The summed E-state index contributed by atoms with van der Waals surface area (Å²) < 4.78 is 18.9. The average molecular weight is 274 g/mol. The third-order valence-corrected chi connectivity index (χ3v) is 3.50. The molecule has 3 nitrogen and oxygen atoms in total. The van der Waals surface area contributed by atoms with Gasteiger partial charge in [0, 0.05) is 24.7 Å². The van der Waals surface area contributed by atoms with Crippen LogP contribution in [0.5, 0.6) is 0 Å². The van der Waals surface area contributed by atoms with Crippen LogP contribution in [0.1, 0.15) is 11.1 Å². The summed E-state index contributed by atoms with van der Waals surface area (Å²) in [5.41, 5.74) is 1.33. The molecule has 0 amide bonds. The van der Waals surface area contributed by atoms with Crippen LogP contribution in [0.2, 0.25) is 5.02 Å². The summed E-state index contributed by atoms with van der Waals surface area (Å²) in [6.45, 7) is 4.27. The summed E-state index contributed by atoms with van der Waals surface area (Å²) >= 11 is 6.12. The van der Waals surface area contributed by atoms with Crippen molar-refractivity contribution in [2.75, 3.05) is 26.3 Å². The van der Waals surface area contributed by atoms with Crippen LogP contribution >= 0.6 is 11.6 Å². The van der Waals surface area contributed by atoms with Crippen molar-refractivity contribution in [3.05, 3.63) is 34.1 Å². The van der Waals surface area contributed by atoms with E-state index in [-0.39, 0.29) is 18.5 Å². The highest BCUT2D eigenvalue weighted by molar-refractivity contribution is 6.31. The van der Waals surface area contributed by atoms with Gasteiger partial charge in [-0.05, 0) is 30.2 Å². The predicted molar refractivity (Wildman–Crippen MR) is 68.2 cm³/mol. The Kier molecular flexibility index (Phi) is 4.56. The van der Waals surface area contributed by atoms with Crippen molar-refractivity contribution in [1.82, 2.24) is 4.90 Å². The summed E-state index contributed by atoms with van der Waals surface area (Å²) in [6.07, 6.45) is -0.159. The van der Waals surface area contributed by atoms with E-state index in [4.69, 9.17) is 21.4 Å². The molecule has 18 heavy (non-hydrogen) atoms. The zero-order valence-corrected chi connectivity index (χ0v) is 11.1. The number of nitrogens with zero attached hydrogens (tertiary/aromatic N) is 1. The SMILES string of the molecule is Cc1cc(Cl)c(CN2CCOC(CO)C2)cc1F. The Labute approximate surface area is 111 Å². The van der Waals surface area contributed by atoms with Gasteiger partial charge in [0.05, 0.1) is 19.3 Å². The molecule has 5 heteroatoms. The van der Waals surface area contributed by atoms with Crippen LogP contribution < -0.4 is 0 Å². The van der Waals surface area contributed by atoms with Crippen LogP contribution in [0.3, 0.4) is 0 Å². The maximum Gasteiger partial charge on any atom is 0.126 e. The summed E-state index contributed by atoms with van der Waals surface area (Å²) in [7, 11) is 0. The number of aliphatic hydroxyl groups excluding tert-OH is 1. The Bertz CT molecular complexity index is 428. The number of ether oxygens (including phenoxy) is 1. The second kappa shape index (κ2) is 5.97. The zero-order chi connectivity index (χ0) is 13.1. The quantitative estimate of drug-likeness (QED) is 0.914. The largest absolute Gasteiger partial charge is 0.394 e. The van der Waals surface area contributed by atoms with Gasteiger partial charge in [-0.15, -0.1) is 0 Å². The summed E-state index contributed by atoms with van der Waals surface area (Å²) in [5.74, 6) is -0.235. The number of halogens is 2. The molecule has 1 fully saturated rings. The Morgan fingerprint density at radius 3 is 3.06 bits per heavy atom. The number of hydrogen-bond donors (Lipinski definition) is 1. The fraction of sp³-hybridized carbons (Fsp3) is 0.538. The monoisotopic (exact) mass is 273 g/mol. The molecular formula is C13H17ClFNO2. The lowest BCUT2D eigenvalue weighted by Gasteiger charge is -2.32. The number of benzene rings is 1. The minimum atomic E-state index is -0.235. The third-order valence-electron chi connectivity index (χ3n) is 3.15. The van der Waals surface area contributed by atoms with Crippen molar-refractivity contribution in [3.63, 3.8) is 0 Å². The second-order valence-electron chi connectivity index (χ2n) is 4.60. The van der Waals surface area contributed by atoms with Gasteiger partial charge in [0.15, 0.2) is 0 Å². The molecule has 0 radical (unpaired) electrons. The molecule has 1 saturated heterocycles. The van der Waals surface area contributed by atoms with Gasteiger partial charge in [-0.2, -0.15) is 0 Å². The first kappa shape index (κ1) is 13.7. The van der Waals surface area contributed by atoms with E-state index in [1.165, 1.54) is 6.07 Å². The zero-order valence-electron chi connectivity index (χ0n) is 10.3. The fourth-order valence-electron chi connectivity index (χ4n) is 2.08. The van der Waals surface area contributed by atoms with Gasteiger partial charge in [-0.3, -0.25) is 4.90 Å². The Morgan fingerprint density at radius 2 is 2.33 bits per heavy atom. The molecule has 1 aliphatic rings. The van der Waals surface area contributed by atoms with E-state index in [9.17, 15) is 4.39 Å². The molecule has 0 aliphatic carbocycles. The fourth-order valence-corrected chi connectivity index (χ4v) is 2.36. The number of aliphatic hydroxyl groups is 1. The molecule has 1 aromatic rings. The van der Waals surface area contributed by atoms with Crippen LogP contribution in [-0.2, 0) is 11.3 Å². The van der Waals surface area contributed by atoms with Gasteiger partial charge < -0.3 is 9.84 Å². The standard InChI is InChI=1S/C13H17ClFNO2/c1-9-4-12(14)10(5-13(9)15)6-16-2-3-18-11(7-16)8-17/h4-5,11,17H,2-3,6-8H2,1H3. The minimum Gasteiger partial charge on any atom is -0.394 e. The number of hydrogen-bond acceptors (Lipinski definition) is 3. The predicted octanol–water partition coefficient (Wildman–Crippen LogP) is 1.98. The Balaban J connectivity index is 2.07. The van der Waals surface area contributed by atoms with Gasteiger partial charge in [0.25, 0.3) is 0 Å². The molecule has 0 aromatic heterocycles. The molecule has 1 heterocycles. The minimum absolute atomic E-state index is 0.00644. The molecule has 1 aliphatic heterocycles. The molecule has 1 aromatic carbocycles. The van der Waals surface area contributed by atoms with Crippen molar-refractivity contribution in [1.29, 1.82) is 0 Å². The van der Waals surface area contributed by atoms with Crippen LogP contribution in [0.4, 0.5) is 4.39 Å². The molecule has 0 bridgehead atoms. The Morgan fingerprint density at radius 1 is 1.56 bits per heavy atom. The van der Waals surface area contributed by atoms with Crippen LogP contribution in [0.15, 0.2) is 12.1 Å². The van der Waals surface area contributed by atoms with Crippen molar-refractivity contribution in [3.8, 4) is 0 Å². The normalized spacial score (nSPS) is 21.2. The smallest absolute Gasteiger partial charge is 0.126 e. The number of aryl methyl sites for hydroxylation is 1. The molecule has 1 N–H and O–H groups in total. The van der Waals surface area contributed by atoms with E-state index in [1.807, 2.05) is 0 Å². The summed E-state index contributed by atoms with van der Waals surface area (Å²) in [6, 6.07) is 3.14. The molecule has 100 valence electrons. The van der Waals surface area contributed by atoms with Crippen molar-refractivity contribution >= 4 is 11.6 Å². The van der Waals surface area contributed by atoms with Gasteiger partial charge in [0.2, 0.25) is 0 Å². The van der Waals surface area contributed by atoms with E-state index in [0.29, 0.717) is 30.3 Å². The molecule has 2 rings (SSSR count). The number of morpholine rings is 1. The first-order valence-corrected chi connectivity index (χ1v) is 6.37. The molecule has 0 saturated carbocycles. The molecule has 0 spiro atoms. The lowest BCUT2D eigenvalue weighted by molar-refractivity contribution is -0.0551. The lowest BCUT2D eigenvalue weighted by Crippen LogP contribution is -2.43. The van der Waals surface area contributed by atoms with Gasteiger partial charge in [-0.1, -0.05) is 11.6 Å². The van der Waals surface area contributed by atoms with E-state index >= 15 is 0 Å². The highest BCUT2D eigenvalue weighted by Crippen LogP contribution is 2.22. The highest BCUT2D eigenvalue weighted by atomic mass is 35.5. The average Bonchev–Trinajstić information content (AvgIpc) is 2.36.